The second-order valence-electron chi connectivity index (χ2n) is 9.50. The first kappa shape index (κ1) is 28.3. The number of alkyl carbamates (subject to hydrolysis) is 1. The first-order valence-corrected chi connectivity index (χ1v) is 12.0. The number of non-ortho nitro benzene ring substituents is 2. The third-order valence-corrected chi connectivity index (χ3v) is 5.94. The molecule has 1 fully saturated rings. The van der Waals surface area contributed by atoms with Gasteiger partial charge in [0, 0.05) is 49.8 Å². The Hall–Kier alpha value is -4.26. The van der Waals surface area contributed by atoms with E-state index in [0.29, 0.717) is 30.8 Å². The van der Waals surface area contributed by atoms with Crippen LogP contribution in [0, 0.1) is 26.1 Å². The highest BCUT2D eigenvalue weighted by Gasteiger charge is 2.30. The van der Waals surface area contributed by atoms with Crippen molar-refractivity contribution in [3.8, 4) is 0 Å². The molecule has 1 aliphatic heterocycles. The number of nitro benzene ring substituents is 2. The summed E-state index contributed by atoms with van der Waals surface area (Å²) in [6.07, 6.45) is -0.349. The van der Waals surface area contributed by atoms with E-state index in [0.717, 1.165) is 6.42 Å². The van der Waals surface area contributed by atoms with Crippen molar-refractivity contribution in [2.75, 3.05) is 26.2 Å². The fraction of sp³-hybridized carbons (Fsp3) is 0.440. The van der Waals surface area contributed by atoms with Crippen molar-refractivity contribution in [2.24, 2.45) is 5.92 Å². The number of nitrogens with zero attached hydrogens (tertiary/aromatic N) is 3. The first-order valence-electron chi connectivity index (χ1n) is 12.0. The van der Waals surface area contributed by atoms with Crippen molar-refractivity contribution in [1.29, 1.82) is 0 Å². The lowest BCUT2D eigenvalue weighted by atomic mass is 10.1. The number of hydrogen-bond acceptors (Lipinski definition) is 9. The van der Waals surface area contributed by atoms with Gasteiger partial charge in [0.1, 0.15) is 13.2 Å². The van der Waals surface area contributed by atoms with Crippen molar-refractivity contribution < 1.29 is 33.6 Å². The highest BCUT2D eigenvalue weighted by Crippen LogP contribution is 2.21. The Bertz CT molecular complexity index is 1140. The molecule has 1 N–H and O–H groups in total. The molecular weight excluding hydrogens is 500 g/mol. The molecule has 13 nitrogen and oxygen atoms in total. The summed E-state index contributed by atoms with van der Waals surface area (Å²) in [5.74, 6) is 0.107. The molecule has 13 heteroatoms. The molecule has 0 aliphatic carbocycles. The lowest BCUT2D eigenvalue weighted by molar-refractivity contribution is -0.385. The molecule has 0 bridgehead atoms. The fourth-order valence-electron chi connectivity index (χ4n) is 3.68. The summed E-state index contributed by atoms with van der Waals surface area (Å²) in [7, 11) is 0. The van der Waals surface area contributed by atoms with Crippen molar-refractivity contribution >= 4 is 23.6 Å². The number of benzene rings is 2. The summed E-state index contributed by atoms with van der Waals surface area (Å²) in [5.41, 5.74) is 0.527. The van der Waals surface area contributed by atoms with E-state index >= 15 is 0 Å². The smallest absolute Gasteiger partial charge is 0.410 e. The lowest BCUT2D eigenvalue weighted by Crippen LogP contribution is -2.41. The number of likely N-dealkylation sites (tertiary alicyclic amines) is 1. The van der Waals surface area contributed by atoms with Gasteiger partial charge in [-0.3, -0.25) is 20.2 Å². The van der Waals surface area contributed by atoms with Crippen LogP contribution in [0.5, 0.6) is 0 Å². The van der Waals surface area contributed by atoms with Gasteiger partial charge in [-0.05, 0) is 55.7 Å². The van der Waals surface area contributed by atoms with Gasteiger partial charge in [-0.1, -0.05) is 0 Å². The number of nitrogens with one attached hydrogen (secondary N) is 1. The van der Waals surface area contributed by atoms with Crippen LogP contribution in [0.4, 0.5) is 21.0 Å². The van der Waals surface area contributed by atoms with Crippen LogP contribution in [-0.4, -0.2) is 58.8 Å². The molecule has 1 heterocycles. The van der Waals surface area contributed by atoms with E-state index in [2.05, 4.69) is 5.32 Å². The third-order valence-electron chi connectivity index (χ3n) is 5.94. The predicted molar refractivity (Wildman–Crippen MR) is 134 cm³/mol. The van der Waals surface area contributed by atoms with Crippen LogP contribution < -0.4 is 5.32 Å². The van der Waals surface area contributed by atoms with E-state index in [9.17, 15) is 29.8 Å². The van der Waals surface area contributed by atoms with Crippen LogP contribution >= 0.6 is 0 Å². The van der Waals surface area contributed by atoms with Crippen LogP contribution in [0.25, 0.3) is 0 Å². The maximum absolute atomic E-state index is 12.4. The highest BCUT2D eigenvalue weighted by atomic mass is 16.6. The molecule has 38 heavy (non-hydrogen) atoms. The van der Waals surface area contributed by atoms with Crippen molar-refractivity contribution in [1.82, 2.24) is 10.2 Å². The maximum atomic E-state index is 12.4. The Labute approximate surface area is 219 Å². The van der Waals surface area contributed by atoms with Gasteiger partial charge in [0.25, 0.3) is 11.4 Å². The van der Waals surface area contributed by atoms with Crippen molar-refractivity contribution in [3.05, 3.63) is 79.9 Å². The summed E-state index contributed by atoms with van der Waals surface area (Å²) >= 11 is 0. The summed E-state index contributed by atoms with van der Waals surface area (Å²) in [6, 6.07) is 11.6. The van der Waals surface area contributed by atoms with Gasteiger partial charge in [-0.25, -0.2) is 9.59 Å². The largest absolute Gasteiger partial charge is 0.445 e. The summed E-state index contributed by atoms with van der Waals surface area (Å²) < 4.78 is 16.5. The van der Waals surface area contributed by atoms with Gasteiger partial charge in [0.15, 0.2) is 0 Å². The van der Waals surface area contributed by atoms with Gasteiger partial charge in [0.05, 0.1) is 22.1 Å². The molecule has 2 amide bonds. The van der Waals surface area contributed by atoms with E-state index < -0.39 is 27.6 Å². The molecule has 1 atom stereocenters. The standard InChI is InChI=1S/C25H30N4O9/c1-25(2,17-26-23(30)36-14-18-3-7-21(8-4-18)28(32)33)38-16-20-11-12-27(13-20)24(31)37-15-19-5-9-22(10-6-19)29(34)35/h3-10,20H,11-17H2,1-2H3,(H,26,30). The van der Waals surface area contributed by atoms with Gasteiger partial charge in [0.2, 0.25) is 0 Å². The zero-order chi connectivity index (χ0) is 27.7. The van der Waals surface area contributed by atoms with Crippen LogP contribution in [0.2, 0.25) is 0 Å². The van der Waals surface area contributed by atoms with E-state index in [1.165, 1.54) is 36.4 Å². The van der Waals surface area contributed by atoms with Crippen LogP contribution in [0.3, 0.4) is 0 Å². The minimum absolute atomic E-state index is 0.0213. The van der Waals surface area contributed by atoms with Gasteiger partial charge in [-0.15, -0.1) is 0 Å². The average Bonchev–Trinajstić information content (AvgIpc) is 3.38. The quantitative estimate of drug-likeness (QED) is 0.331. The van der Waals surface area contributed by atoms with E-state index in [4.69, 9.17) is 14.2 Å². The Morgan fingerprint density at radius 3 is 2.00 bits per heavy atom. The number of carbonyl (C=O) groups excluding carboxylic acids is 2. The van der Waals surface area contributed by atoms with Gasteiger partial charge >= 0.3 is 12.2 Å². The van der Waals surface area contributed by atoms with Crippen molar-refractivity contribution in [2.45, 2.75) is 39.1 Å². The van der Waals surface area contributed by atoms with E-state index in [1.54, 1.807) is 17.0 Å². The predicted octanol–water partition coefficient (Wildman–Crippen LogP) is 4.18. The number of ether oxygens (including phenoxy) is 3. The SMILES string of the molecule is CC(C)(CNC(=O)OCc1ccc([N+](=O)[O-])cc1)OCC1CCN(C(=O)OCc2ccc([N+](=O)[O-])cc2)C1. The van der Waals surface area contributed by atoms with Crippen molar-refractivity contribution in [3.63, 3.8) is 0 Å². The third kappa shape index (κ3) is 8.69. The Kier molecular flexibility index (Phi) is 9.55. The molecule has 1 unspecified atom stereocenters. The lowest BCUT2D eigenvalue weighted by Gasteiger charge is -2.27. The van der Waals surface area contributed by atoms with E-state index in [-0.39, 0.29) is 37.1 Å². The highest BCUT2D eigenvalue weighted by molar-refractivity contribution is 5.68. The Balaban J connectivity index is 1.33. The molecular formula is C25H30N4O9. The molecule has 1 saturated heterocycles. The van der Waals surface area contributed by atoms with Crippen LogP contribution in [0.1, 0.15) is 31.4 Å². The van der Waals surface area contributed by atoms with Gasteiger partial charge < -0.3 is 24.4 Å². The topological polar surface area (TPSA) is 163 Å². The fourth-order valence-corrected chi connectivity index (χ4v) is 3.68. The zero-order valence-corrected chi connectivity index (χ0v) is 21.2. The minimum Gasteiger partial charge on any atom is -0.445 e. The Morgan fingerprint density at radius 1 is 0.947 bits per heavy atom. The monoisotopic (exact) mass is 530 g/mol. The molecule has 3 rings (SSSR count). The minimum atomic E-state index is -0.684. The van der Waals surface area contributed by atoms with Gasteiger partial charge in [-0.2, -0.15) is 0 Å². The molecule has 2 aromatic rings. The molecule has 0 spiro atoms. The molecule has 2 aromatic carbocycles. The Morgan fingerprint density at radius 2 is 1.47 bits per heavy atom. The molecule has 204 valence electrons. The normalized spacial score (nSPS) is 15.1. The van der Waals surface area contributed by atoms with Crippen LogP contribution in [-0.2, 0) is 27.4 Å². The van der Waals surface area contributed by atoms with Crippen LogP contribution in [0.15, 0.2) is 48.5 Å². The number of hydrogen-bond donors (Lipinski definition) is 1. The zero-order valence-electron chi connectivity index (χ0n) is 21.2. The number of amides is 2. The molecule has 1 aliphatic rings. The summed E-state index contributed by atoms with van der Waals surface area (Å²) in [4.78, 5) is 46.5. The number of nitro groups is 2. The van der Waals surface area contributed by atoms with E-state index in [1.807, 2.05) is 13.8 Å². The second-order valence-corrected chi connectivity index (χ2v) is 9.50. The average molecular weight is 531 g/mol. The molecule has 0 aromatic heterocycles. The molecule has 0 saturated carbocycles. The number of rotatable bonds is 11. The second kappa shape index (κ2) is 12.8. The number of carbonyl (C=O) groups is 2. The summed E-state index contributed by atoms with van der Waals surface area (Å²) in [5, 5.41) is 24.1. The molecule has 0 radical (unpaired) electrons. The maximum Gasteiger partial charge on any atom is 0.410 e. The summed E-state index contributed by atoms with van der Waals surface area (Å²) in [6.45, 7) is 5.24. The first-order chi connectivity index (χ1) is 18.0.